The van der Waals surface area contributed by atoms with E-state index in [0.717, 1.165) is 22.2 Å². The molecule has 0 saturated carbocycles. The van der Waals surface area contributed by atoms with Gasteiger partial charge in [0.15, 0.2) is 10.2 Å². The minimum Gasteiger partial charge on any atom is -0.332 e. The molecular weight excluding hydrogens is 440 g/mol. The highest BCUT2D eigenvalue weighted by Gasteiger charge is 2.09. The van der Waals surface area contributed by atoms with Gasteiger partial charge in [-0.1, -0.05) is 42.0 Å². The molecule has 0 spiro atoms. The summed E-state index contributed by atoms with van der Waals surface area (Å²) in [6, 6.07) is 12.6. The van der Waals surface area contributed by atoms with Crippen molar-refractivity contribution in [1.82, 2.24) is 10.3 Å². The molecule has 0 saturated heterocycles. The summed E-state index contributed by atoms with van der Waals surface area (Å²) in [4.78, 5) is 28.2. The maximum atomic E-state index is 12.1. The van der Waals surface area contributed by atoms with Crippen LogP contribution in [-0.4, -0.2) is 21.9 Å². The van der Waals surface area contributed by atoms with Gasteiger partial charge in [0.25, 0.3) is 0 Å². The maximum Gasteiger partial charge on any atom is 0.250 e. The van der Waals surface area contributed by atoms with Gasteiger partial charge in [-0.15, -0.1) is 0 Å². The Morgan fingerprint density at radius 3 is 2.67 bits per heavy atom. The van der Waals surface area contributed by atoms with Crippen LogP contribution in [0.25, 0.3) is 16.3 Å². The summed E-state index contributed by atoms with van der Waals surface area (Å²) in [5, 5.41) is 9.76. The van der Waals surface area contributed by atoms with Crippen LogP contribution >= 0.6 is 35.2 Å². The van der Waals surface area contributed by atoms with Crippen LogP contribution in [0, 0.1) is 0 Å². The standard InChI is InChI=1S/C21H19ClN4O2S2/c1-2-3-18(27)26-21-24-16-10-9-15(12-17(16)30-21)23-20(29)25-19(28)11-6-13-4-7-14(22)8-5-13/h4-12H,2-3H2,1H3,(H,24,26,27)(H2,23,25,28,29)/b11-6+. The lowest BCUT2D eigenvalue weighted by Crippen LogP contribution is -2.32. The van der Waals surface area contributed by atoms with Crippen LogP contribution in [0.4, 0.5) is 10.8 Å². The van der Waals surface area contributed by atoms with E-state index in [2.05, 4.69) is 20.9 Å². The SMILES string of the molecule is CCCC(=O)Nc1nc2ccc(NC(=S)NC(=O)/C=C/c3ccc(Cl)cc3)cc2s1. The second kappa shape index (κ2) is 10.3. The summed E-state index contributed by atoms with van der Waals surface area (Å²) in [5.74, 6) is -0.396. The Kier molecular flexibility index (Phi) is 7.51. The molecule has 3 aromatic rings. The second-order valence-corrected chi connectivity index (χ2v) is 8.20. The summed E-state index contributed by atoms with van der Waals surface area (Å²) in [6.45, 7) is 1.95. The fourth-order valence-corrected chi connectivity index (χ4v) is 3.79. The molecular formula is C21H19ClN4O2S2. The van der Waals surface area contributed by atoms with Gasteiger partial charge < -0.3 is 10.6 Å². The van der Waals surface area contributed by atoms with Crippen molar-refractivity contribution in [3.8, 4) is 0 Å². The highest BCUT2D eigenvalue weighted by Crippen LogP contribution is 2.28. The smallest absolute Gasteiger partial charge is 0.250 e. The number of carbonyl (C=O) groups is 2. The summed E-state index contributed by atoms with van der Waals surface area (Å²) >= 11 is 12.4. The number of benzene rings is 2. The van der Waals surface area contributed by atoms with Crippen LogP contribution in [0.5, 0.6) is 0 Å². The molecule has 0 atom stereocenters. The number of anilines is 2. The average molecular weight is 459 g/mol. The van der Waals surface area contributed by atoms with E-state index in [4.69, 9.17) is 23.8 Å². The van der Waals surface area contributed by atoms with Gasteiger partial charge in [-0.3, -0.25) is 14.9 Å². The molecule has 30 heavy (non-hydrogen) atoms. The number of hydrogen-bond acceptors (Lipinski definition) is 5. The molecule has 0 fully saturated rings. The van der Waals surface area contributed by atoms with Gasteiger partial charge in [-0.2, -0.15) is 0 Å². The van der Waals surface area contributed by atoms with Crippen molar-refractivity contribution in [1.29, 1.82) is 0 Å². The number of hydrogen-bond donors (Lipinski definition) is 3. The van der Waals surface area contributed by atoms with Gasteiger partial charge in [0.2, 0.25) is 11.8 Å². The van der Waals surface area contributed by atoms with Crippen molar-refractivity contribution in [2.45, 2.75) is 19.8 Å². The number of halogens is 1. The number of carbonyl (C=O) groups excluding carboxylic acids is 2. The first-order valence-corrected chi connectivity index (χ1v) is 10.8. The van der Waals surface area contributed by atoms with Crippen molar-refractivity contribution >= 4 is 79.2 Å². The van der Waals surface area contributed by atoms with E-state index in [1.54, 1.807) is 18.2 Å². The zero-order chi connectivity index (χ0) is 21.5. The molecule has 6 nitrogen and oxygen atoms in total. The van der Waals surface area contributed by atoms with Crippen molar-refractivity contribution in [3.63, 3.8) is 0 Å². The molecule has 3 N–H and O–H groups in total. The minimum absolute atomic E-state index is 0.0505. The van der Waals surface area contributed by atoms with E-state index in [9.17, 15) is 9.59 Å². The van der Waals surface area contributed by atoms with E-state index in [-0.39, 0.29) is 16.9 Å². The number of aromatic nitrogens is 1. The lowest BCUT2D eigenvalue weighted by molar-refractivity contribution is -0.116. The number of thiocarbonyl (C=S) groups is 1. The number of nitrogens with zero attached hydrogens (tertiary/aromatic N) is 1. The lowest BCUT2D eigenvalue weighted by atomic mass is 10.2. The molecule has 3 rings (SSSR count). The largest absolute Gasteiger partial charge is 0.332 e. The Hall–Kier alpha value is -2.81. The monoisotopic (exact) mass is 458 g/mol. The molecule has 1 aromatic heterocycles. The summed E-state index contributed by atoms with van der Waals surface area (Å²) in [6.07, 6.45) is 4.31. The molecule has 9 heteroatoms. The Morgan fingerprint density at radius 2 is 1.93 bits per heavy atom. The number of amides is 2. The summed E-state index contributed by atoms with van der Waals surface area (Å²) < 4.78 is 0.892. The maximum absolute atomic E-state index is 12.1. The van der Waals surface area contributed by atoms with Crippen molar-refractivity contribution in [2.75, 3.05) is 10.6 Å². The van der Waals surface area contributed by atoms with Crippen LogP contribution < -0.4 is 16.0 Å². The van der Waals surface area contributed by atoms with Crippen LogP contribution in [0.3, 0.4) is 0 Å². The third-order valence-corrected chi connectivity index (χ3v) is 5.29. The molecule has 1 heterocycles. The predicted molar refractivity (Wildman–Crippen MR) is 128 cm³/mol. The van der Waals surface area contributed by atoms with E-state index >= 15 is 0 Å². The van der Waals surface area contributed by atoms with Crippen LogP contribution in [-0.2, 0) is 9.59 Å². The first-order chi connectivity index (χ1) is 14.4. The minimum atomic E-state index is -0.345. The molecule has 0 aliphatic rings. The van der Waals surface area contributed by atoms with E-state index in [0.29, 0.717) is 22.3 Å². The van der Waals surface area contributed by atoms with E-state index in [1.807, 2.05) is 37.3 Å². The van der Waals surface area contributed by atoms with Crippen LogP contribution in [0.2, 0.25) is 5.02 Å². The molecule has 0 radical (unpaired) electrons. The van der Waals surface area contributed by atoms with E-state index in [1.165, 1.54) is 17.4 Å². The molecule has 0 unspecified atom stereocenters. The van der Waals surface area contributed by atoms with Crippen LogP contribution in [0.1, 0.15) is 25.3 Å². The van der Waals surface area contributed by atoms with Gasteiger partial charge >= 0.3 is 0 Å². The molecule has 2 aromatic carbocycles. The number of rotatable bonds is 6. The third kappa shape index (κ3) is 6.35. The van der Waals surface area contributed by atoms with Crippen molar-refractivity contribution < 1.29 is 9.59 Å². The Balaban J connectivity index is 1.58. The highest BCUT2D eigenvalue weighted by atomic mass is 35.5. The van der Waals surface area contributed by atoms with Crippen LogP contribution in [0.15, 0.2) is 48.5 Å². The molecule has 154 valence electrons. The summed E-state index contributed by atoms with van der Waals surface area (Å²) in [7, 11) is 0. The van der Waals surface area contributed by atoms with Gasteiger partial charge in [-0.05, 0) is 60.6 Å². The number of thiazole rings is 1. The molecule has 0 aliphatic heterocycles. The quantitative estimate of drug-likeness (QED) is 0.348. The zero-order valence-electron chi connectivity index (χ0n) is 16.1. The summed E-state index contributed by atoms with van der Waals surface area (Å²) in [5.41, 5.74) is 2.34. The van der Waals surface area contributed by atoms with Gasteiger partial charge in [-0.25, -0.2) is 4.98 Å². The lowest BCUT2D eigenvalue weighted by Gasteiger charge is -2.07. The zero-order valence-corrected chi connectivity index (χ0v) is 18.5. The Morgan fingerprint density at radius 1 is 1.17 bits per heavy atom. The molecule has 2 amide bonds. The normalized spacial score (nSPS) is 10.9. The van der Waals surface area contributed by atoms with Crippen molar-refractivity contribution in [3.05, 3.63) is 59.1 Å². The number of fused-ring (bicyclic) bond motifs is 1. The number of nitrogens with one attached hydrogen (secondary N) is 3. The fourth-order valence-electron chi connectivity index (χ4n) is 2.53. The average Bonchev–Trinajstić information content (AvgIpc) is 3.09. The third-order valence-electron chi connectivity index (χ3n) is 3.90. The van der Waals surface area contributed by atoms with Gasteiger partial charge in [0.05, 0.1) is 10.2 Å². The van der Waals surface area contributed by atoms with E-state index < -0.39 is 0 Å². The topological polar surface area (TPSA) is 83.1 Å². The predicted octanol–water partition coefficient (Wildman–Crippen LogP) is 5.21. The molecule has 0 aliphatic carbocycles. The van der Waals surface area contributed by atoms with Crippen molar-refractivity contribution in [2.24, 2.45) is 0 Å². The fraction of sp³-hybridized carbons (Fsp3) is 0.143. The van der Waals surface area contributed by atoms with Gasteiger partial charge in [0.1, 0.15) is 0 Å². The van der Waals surface area contributed by atoms with Gasteiger partial charge in [0, 0.05) is 23.2 Å². The highest BCUT2D eigenvalue weighted by molar-refractivity contribution is 7.80. The second-order valence-electron chi connectivity index (χ2n) is 6.33. The Bertz CT molecular complexity index is 1110. The molecule has 0 bridgehead atoms. The Labute approximate surface area is 188 Å². The first kappa shape index (κ1) is 21.9. The first-order valence-electron chi connectivity index (χ1n) is 9.19.